The van der Waals surface area contributed by atoms with E-state index in [9.17, 15) is 8.42 Å². The summed E-state index contributed by atoms with van der Waals surface area (Å²) in [6.07, 6.45) is 0.913. The van der Waals surface area contributed by atoms with Crippen LogP contribution in [0, 0.1) is 5.92 Å². The van der Waals surface area contributed by atoms with E-state index in [4.69, 9.17) is 11.6 Å². The van der Waals surface area contributed by atoms with Gasteiger partial charge in [-0.1, -0.05) is 11.6 Å². The van der Waals surface area contributed by atoms with E-state index in [0.29, 0.717) is 28.2 Å². The van der Waals surface area contributed by atoms with E-state index < -0.39 is 10.0 Å². The highest BCUT2D eigenvalue weighted by molar-refractivity contribution is 7.91. The zero-order valence-corrected chi connectivity index (χ0v) is 14.1. The standard InChI is InChI=1S/C14H17ClN2O2S2/c1-16-8-10-4-5-17(9-10)21(18,19)14-7-11-6-12(15)2-3-13(11)20-14/h2-3,6-7,10,16H,4-5,8-9H2,1H3. The topological polar surface area (TPSA) is 49.4 Å². The van der Waals surface area contributed by atoms with Crippen molar-refractivity contribution in [3.63, 3.8) is 0 Å². The molecule has 1 atom stereocenters. The molecule has 4 nitrogen and oxygen atoms in total. The fourth-order valence-electron chi connectivity index (χ4n) is 2.71. The van der Waals surface area contributed by atoms with E-state index in [1.807, 2.05) is 13.1 Å². The molecule has 2 heterocycles. The average Bonchev–Trinajstić information content (AvgIpc) is 3.05. The highest BCUT2D eigenvalue weighted by Gasteiger charge is 2.33. The van der Waals surface area contributed by atoms with Crippen molar-refractivity contribution in [2.75, 3.05) is 26.7 Å². The van der Waals surface area contributed by atoms with Crippen LogP contribution in [0.25, 0.3) is 10.1 Å². The number of hydrogen-bond donors (Lipinski definition) is 1. The first-order valence-electron chi connectivity index (χ1n) is 6.84. The first kappa shape index (κ1) is 15.2. The predicted octanol–water partition coefficient (Wildman–Crippen LogP) is 2.78. The quantitative estimate of drug-likeness (QED) is 0.927. The minimum Gasteiger partial charge on any atom is -0.319 e. The van der Waals surface area contributed by atoms with Crippen LogP contribution in [-0.2, 0) is 10.0 Å². The average molecular weight is 345 g/mol. The number of halogens is 1. The van der Waals surface area contributed by atoms with Crippen LogP contribution >= 0.6 is 22.9 Å². The zero-order valence-electron chi connectivity index (χ0n) is 11.7. The Morgan fingerprint density at radius 1 is 1.43 bits per heavy atom. The lowest BCUT2D eigenvalue weighted by Crippen LogP contribution is -2.29. The number of sulfonamides is 1. The van der Waals surface area contributed by atoms with Gasteiger partial charge in [-0.05, 0) is 55.6 Å². The van der Waals surface area contributed by atoms with Gasteiger partial charge in [-0.2, -0.15) is 4.31 Å². The smallest absolute Gasteiger partial charge is 0.252 e. The summed E-state index contributed by atoms with van der Waals surface area (Å²) >= 11 is 7.27. The molecule has 0 bridgehead atoms. The second-order valence-electron chi connectivity index (χ2n) is 5.32. The van der Waals surface area contributed by atoms with Gasteiger partial charge < -0.3 is 5.32 Å². The molecule has 1 aromatic heterocycles. The summed E-state index contributed by atoms with van der Waals surface area (Å²) in [5, 5.41) is 4.63. The number of thiophene rings is 1. The largest absolute Gasteiger partial charge is 0.319 e. The molecule has 1 saturated heterocycles. The monoisotopic (exact) mass is 344 g/mol. The maximum Gasteiger partial charge on any atom is 0.252 e. The van der Waals surface area contributed by atoms with Gasteiger partial charge in [0.1, 0.15) is 4.21 Å². The molecule has 1 aliphatic heterocycles. The highest BCUT2D eigenvalue weighted by atomic mass is 35.5. The second kappa shape index (κ2) is 5.85. The van der Waals surface area contributed by atoms with Crippen molar-refractivity contribution < 1.29 is 8.42 Å². The Bertz CT molecular complexity index is 757. The van der Waals surface area contributed by atoms with Crippen molar-refractivity contribution in [2.45, 2.75) is 10.6 Å². The van der Waals surface area contributed by atoms with Crippen molar-refractivity contribution in [3.05, 3.63) is 29.3 Å². The van der Waals surface area contributed by atoms with Gasteiger partial charge in [-0.3, -0.25) is 0 Å². The summed E-state index contributed by atoms with van der Waals surface area (Å²) in [7, 11) is -1.49. The van der Waals surface area contributed by atoms with Crippen LogP contribution < -0.4 is 5.32 Å². The van der Waals surface area contributed by atoms with Crippen molar-refractivity contribution >= 4 is 43.0 Å². The maximum absolute atomic E-state index is 12.7. The molecule has 0 aliphatic carbocycles. The number of nitrogens with one attached hydrogen (secondary N) is 1. The van der Waals surface area contributed by atoms with Crippen molar-refractivity contribution in [3.8, 4) is 0 Å². The number of rotatable bonds is 4. The first-order valence-corrected chi connectivity index (χ1v) is 9.48. The van der Waals surface area contributed by atoms with Crippen molar-refractivity contribution in [1.82, 2.24) is 9.62 Å². The summed E-state index contributed by atoms with van der Waals surface area (Å²) in [5.74, 6) is 0.397. The van der Waals surface area contributed by atoms with Crippen LogP contribution in [-0.4, -0.2) is 39.4 Å². The van der Waals surface area contributed by atoms with E-state index >= 15 is 0 Å². The zero-order chi connectivity index (χ0) is 15.0. The van der Waals surface area contributed by atoms with Gasteiger partial charge >= 0.3 is 0 Å². The Labute approximate surface area is 133 Å². The highest BCUT2D eigenvalue weighted by Crippen LogP contribution is 2.34. The van der Waals surface area contributed by atoms with Gasteiger partial charge in [0, 0.05) is 22.8 Å². The minimum atomic E-state index is -3.38. The molecular weight excluding hydrogens is 328 g/mol. The summed E-state index contributed by atoms with van der Waals surface area (Å²) < 4.78 is 28.4. The van der Waals surface area contributed by atoms with Crippen LogP contribution in [0.1, 0.15) is 6.42 Å². The molecule has 1 N–H and O–H groups in total. The molecule has 0 radical (unpaired) electrons. The molecule has 3 rings (SSSR count). The summed E-state index contributed by atoms with van der Waals surface area (Å²) in [6.45, 7) is 2.05. The Balaban J connectivity index is 1.90. The van der Waals surface area contributed by atoms with E-state index in [-0.39, 0.29) is 0 Å². The molecule has 0 amide bonds. The van der Waals surface area contributed by atoms with Gasteiger partial charge in [-0.15, -0.1) is 11.3 Å². The normalized spacial score (nSPS) is 20.4. The molecule has 1 aliphatic rings. The Morgan fingerprint density at radius 2 is 2.24 bits per heavy atom. The number of hydrogen-bond acceptors (Lipinski definition) is 4. The number of benzene rings is 1. The summed E-state index contributed by atoms with van der Waals surface area (Å²) in [4.78, 5) is 0. The van der Waals surface area contributed by atoms with Gasteiger partial charge in [0.15, 0.2) is 0 Å². The third-order valence-corrected chi connectivity index (χ3v) is 7.46. The Hall–Kier alpha value is -0.660. The van der Waals surface area contributed by atoms with Crippen molar-refractivity contribution in [2.24, 2.45) is 5.92 Å². The second-order valence-corrected chi connectivity index (χ2v) is 9.01. The lowest BCUT2D eigenvalue weighted by atomic mass is 10.1. The maximum atomic E-state index is 12.7. The van der Waals surface area contributed by atoms with Gasteiger partial charge in [0.05, 0.1) is 0 Å². The van der Waals surface area contributed by atoms with E-state index in [0.717, 1.165) is 23.1 Å². The minimum absolute atomic E-state index is 0.397. The molecule has 1 fully saturated rings. The fourth-order valence-corrected chi connectivity index (χ4v) is 5.96. The fraction of sp³-hybridized carbons (Fsp3) is 0.429. The third kappa shape index (κ3) is 2.96. The van der Waals surface area contributed by atoms with Crippen molar-refractivity contribution in [1.29, 1.82) is 0 Å². The summed E-state index contributed by atoms with van der Waals surface area (Å²) in [6, 6.07) is 7.19. The lowest BCUT2D eigenvalue weighted by molar-refractivity contribution is 0.452. The molecule has 0 saturated carbocycles. The number of fused-ring (bicyclic) bond motifs is 1. The first-order chi connectivity index (χ1) is 10.0. The molecule has 7 heteroatoms. The van der Waals surface area contributed by atoms with Gasteiger partial charge in [0.25, 0.3) is 10.0 Å². The Kier molecular flexibility index (Phi) is 4.25. The van der Waals surface area contributed by atoms with Crippen LogP contribution in [0.2, 0.25) is 5.02 Å². The van der Waals surface area contributed by atoms with E-state index in [1.165, 1.54) is 11.3 Å². The van der Waals surface area contributed by atoms with Crippen LogP contribution in [0.3, 0.4) is 0 Å². The van der Waals surface area contributed by atoms with Gasteiger partial charge in [0.2, 0.25) is 0 Å². The molecule has 2 aromatic rings. The third-order valence-electron chi connectivity index (χ3n) is 3.79. The molecule has 21 heavy (non-hydrogen) atoms. The molecule has 1 aromatic carbocycles. The van der Waals surface area contributed by atoms with E-state index in [1.54, 1.807) is 22.5 Å². The molecular formula is C14H17ClN2O2S2. The van der Waals surface area contributed by atoms with E-state index in [2.05, 4.69) is 5.32 Å². The number of nitrogens with zero attached hydrogens (tertiary/aromatic N) is 1. The van der Waals surface area contributed by atoms with Crippen LogP contribution in [0.15, 0.2) is 28.5 Å². The predicted molar refractivity (Wildman–Crippen MR) is 87.6 cm³/mol. The lowest BCUT2D eigenvalue weighted by Gasteiger charge is -2.15. The van der Waals surface area contributed by atoms with Gasteiger partial charge in [-0.25, -0.2) is 8.42 Å². The molecule has 114 valence electrons. The molecule has 0 spiro atoms. The molecule has 1 unspecified atom stereocenters. The SMILES string of the molecule is CNCC1CCN(S(=O)(=O)c2cc3cc(Cl)ccc3s2)C1. The van der Waals surface area contributed by atoms with Crippen LogP contribution in [0.5, 0.6) is 0 Å². The Morgan fingerprint density at radius 3 is 3.00 bits per heavy atom. The summed E-state index contributed by atoms with van der Waals surface area (Å²) in [5.41, 5.74) is 0. The van der Waals surface area contributed by atoms with Crippen LogP contribution in [0.4, 0.5) is 0 Å².